The van der Waals surface area contributed by atoms with Crippen molar-refractivity contribution in [3.05, 3.63) is 65.5 Å². The molecule has 0 radical (unpaired) electrons. The van der Waals surface area contributed by atoms with Crippen LogP contribution in [-0.4, -0.2) is 5.11 Å². The maximum absolute atomic E-state index is 13.1. The van der Waals surface area contributed by atoms with Gasteiger partial charge in [0.15, 0.2) is 0 Å². The van der Waals surface area contributed by atoms with E-state index in [2.05, 4.69) is 12.2 Å². The van der Waals surface area contributed by atoms with Gasteiger partial charge in [0, 0.05) is 18.7 Å². The first-order valence-corrected chi connectivity index (χ1v) is 5.92. The van der Waals surface area contributed by atoms with Crippen LogP contribution in [0.4, 0.5) is 4.39 Å². The van der Waals surface area contributed by atoms with Crippen LogP contribution in [0.1, 0.15) is 24.1 Å². The number of hydrogen-bond donors (Lipinski definition) is 2. The highest BCUT2D eigenvalue weighted by Crippen LogP contribution is 2.16. The number of nitrogens with one attached hydrogen (secondary N) is 1. The minimum atomic E-state index is -0.417. The molecule has 0 aromatic heterocycles. The predicted octanol–water partition coefficient (Wildman–Crippen LogP) is 3.38. The maximum Gasteiger partial charge on any atom is 0.127 e. The monoisotopic (exact) mass is 245 g/mol. The van der Waals surface area contributed by atoms with Crippen molar-refractivity contribution in [2.75, 3.05) is 0 Å². The lowest BCUT2D eigenvalue weighted by Gasteiger charge is -2.14. The minimum absolute atomic E-state index is 0.0424. The third-order valence-electron chi connectivity index (χ3n) is 2.85. The van der Waals surface area contributed by atoms with Gasteiger partial charge < -0.3 is 10.4 Å². The molecule has 3 heteroatoms. The van der Waals surface area contributed by atoms with Crippen LogP contribution in [0, 0.1) is 5.82 Å². The van der Waals surface area contributed by atoms with Gasteiger partial charge in [0.2, 0.25) is 0 Å². The minimum Gasteiger partial charge on any atom is -0.508 e. The summed E-state index contributed by atoms with van der Waals surface area (Å²) in [6, 6.07) is 14.3. The SMILES string of the molecule is CC(NCc1cc(O)cc(F)c1)c1ccccc1. The number of phenolic OH excluding ortho intramolecular Hbond substituents is 1. The Kier molecular flexibility index (Phi) is 3.95. The van der Waals surface area contributed by atoms with Crippen LogP contribution in [0.5, 0.6) is 5.75 Å². The highest BCUT2D eigenvalue weighted by atomic mass is 19.1. The van der Waals surface area contributed by atoms with Crippen molar-refractivity contribution in [3.63, 3.8) is 0 Å². The molecule has 0 spiro atoms. The Morgan fingerprint density at radius 3 is 2.56 bits per heavy atom. The Balaban J connectivity index is 1.99. The van der Waals surface area contributed by atoms with E-state index in [1.807, 2.05) is 30.3 Å². The quantitative estimate of drug-likeness (QED) is 0.865. The first-order valence-electron chi connectivity index (χ1n) is 5.92. The zero-order chi connectivity index (χ0) is 13.0. The van der Waals surface area contributed by atoms with Gasteiger partial charge in [-0.15, -0.1) is 0 Å². The Bertz CT molecular complexity index is 493. The lowest BCUT2D eigenvalue weighted by Crippen LogP contribution is -2.18. The third kappa shape index (κ3) is 3.31. The summed E-state index contributed by atoms with van der Waals surface area (Å²) in [5, 5.41) is 12.6. The van der Waals surface area contributed by atoms with Crippen molar-refractivity contribution in [2.45, 2.75) is 19.5 Å². The predicted molar refractivity (Wildman–Crippen MR) is 69.8 cm³/mol. The van der Waals surface area contributed by atoms with Crippen LogP contribution in [0.3, 0.4) is 0 Å². The third-order valence-corrected chi connectivity index (χ3v) is 2.85. The van der Waals surface area contributed by atoms with E-state index in [0.717, 1.165) is 11.6 Å². The highest BCUT2D eigenvalue weighted by Gasteiger charge is 2.05. The average Bonchev–Trinajstić information content (AvgIpc) is 2.36. The second-order valence-electron chi connectivity index (χ2n) is 4.33. The van der Waals surface area contributed by atoms with E-state index >= 15 is 0 Å². The fourth-order valence-electron chi connectivity index (χ4n) is 1.87. The highest BCUT2D eigenvalue weighted by molar-refractivity contribution is 5.28. The molecule has 18 heavy (non-hydrogen) atoms. The van der Waals surface area contributed by atoms with E-state index in [4.69, 9.17) is 0 Å². The zero-order valence-electron chi connectivity index (χ0n) is 10.2. The second kappa shape index (κ2) is 5.65. The molecule has 0 bridgehead atoms. The summed E-state index contributed by atoms with van der Waals surface area (Å²) in [5.74, 6) is -0.460. The summed E-state index contributed by atoms with van der Waals surface area (Å²) < 4.78 is 13.1. The van der Waals surface area contributed by atoms with E-state index in [1.165, 1.54) is 11.6 Å². The van der Waals surface area contributed by atoms with Gasteiger partial charge in [0.05, 0.1) is 0 Å². The van der Waals surface area contributed by atoms with Gasteiger partial charge in [-0.1, -0.05) is 30.3 Å². The Labute approximate surface area is 106 Å². The van der Waals surface area contributed by atoms with E-state index in [-0.39, 0.29) is 11.8 Å². The molecule has 2 rings (SSSR count). The summed E-state index contributed by atoms with van der Waals surface area (Å²) in [6.07, 6.45) is 0. The number of rotatable bonds is 4. The summed E-state index contributed by atoms with van der Waals surface area (Å²) in [5.41, 5.74) is 1.91. The van der Waals surface area contributed by atoms with E-state index in [0.29, 0.717) is 6.54 Å². The van der Waals surface area contributed by atoms with E-state index in [1.54, 1.807) is 6.07 Å². The van der Waals surface area contributed by atoms with Gasteiger partial charge in [-0.25, -0.2) is 4.39 Å². The molecule has 94 valence electrons. The van der Waals surface area contributed by atoms with Crippen molar-refractivity contribution >= 4 is 0 Å². The molecule has 0 saturated heterocycles. The number of benzene rings is 2. The van der Waals surface area contributed by atoms with Crippen LogP contribution in [0.25, 0.3) is 0 Å². The van der Waals surface area contributed by atoms with Gasteiger partial charge >= 0.3 is 0 Å². The fraction of sp³-hybridized carbons (Fsp3) is 0.200. The van der Waals surface area contributed by atoms with Crippen molar-refractivity contribution in [1.29, 1.82) is 0 Å². The Morgan fingerprint density at radius 2 is 1.89 bits per heavy atom. The van der Waals surface area contributed by atoms with Crippen molar-refractivity contribution < 1.29 is 9.50 Å². The summed E-state index contributed by atoms with van der Waals surface area (Å²) in [6.45, 7) is 2.57. The Morgan fingerprint density at radius 1 is 1.17 bits per heavy atom. The number of halogens is 1. The van der Waals surface area contributed by atoms with Crippen LogP contribution in [0.2, 0.25) is 0 Å². The zero-order valence-corrected chi connectivity index (χ0v) is 10.2. The van der Waals surface area contributed by atoms with Gasteiger partial charge in [-0.2, -0.15) is 0 Å². The van der Waals surface area contributed by atoms with Crippen molar-refractivity contribution in [3.8, 4) is 5.75 Å². The molecule has 1 atom stereocenters. The smallest absolute Gasteiger partial charge is 0.127 e. The summed E-state index contributed by atoms with van der Waals surface area (Å²) >= 11 is 0. The average molecular weight is 245 g/mol. The number of hydrogen-bond acceptors (Lipinski definition) is 2. The largest absolute Gasteiger partial charge is 0.508 e. The van der Waals surface area contributed by atoms with Gasteiger partial charge in [-0.3, -0.25) is 0 Å². The fourth-order valence-corrected chi connectivity index (χ4v) is 1.87. The maximum atomic E-state index is 13.1. The van der Waals surface area contributed by atoms with Crippen molar-refractivity contribution in [2.24, 2.45) is 0 Å². The van der Waals surface area contributed by atoms with Gasteiger partial charge in [0.1, 0.15) is 11.6 Å². The molecule has 0 saturated carbocycles. The molecule has 0 fully saturated rings. The molecule has 0 aliphatic carbocycles. The Hall–Kier alpha value is -1.87. The van der Waals surface area contributed by atoms with Crippen molar-refractivity contribution in [1.82, 2.24) is 5.32 Å². The second-order valence-corrected chi connectivity index (χ2v) is 4.33. The van der Waals surface area contributed by atoms with Crippen LogP contribution in [0.15, 0.2) is 48.5 Å². The first-order chi connectivity index (χ1) is 8.65. The molecule has 0 heterocycles. The molecule has 2 aromatic carbocycles. The molecule has 2 aromatic rings. The standard InChI is InChI=1S/C15H16FNO/c1-11(13-5-3-2-4-6-13)17-10-12-7-14(16)9-15(18)8-12/h2-9,11,17-18H,10H2,1H3. The summed E-state index contributed by atoms with van der Waals surface area (Å²) in [4.78, 5) is 0. The van der Waals surface area contributed by atoms with Gasteiger partial charge in [-0.05, 0) is 30.2 Å². The van der Waals surface area contributed by atoms with E-state index < -0.39 is 5.82 Å². The number of phenols is 1. The topological polar surface area (TPSA) is 32.3 Å². The lowest BCUT2D eigenvalue weighted by atomic mass is 10.1. The summed E-state index contributed by atoms with van der Waals surface area (Å²) in [7, 11) is 0. The van der Waals surface area contributed by atoms with Gasteiger partial charge in [0.25, 0.3) is 0 Å². The molecule has 1 unspecified atom stereocenters. The van der Waals surface area contributed by atoms with Crippen LogP contribution in [-0.2, 0) is 6.54 Å². The molecule has 0 aliphatic rings. The molecule has 0 aliphatic heterocycles. The molecular weight excluding hydrogens is 229 g/mol. The number of aromatic hydroxyl groups is 1. The first kappa shape index (κ1) is 12.6. The van der Waals surface area contributed by atoms with E-state index in [9.17, 15) is 9.50 Å². The molecule has 0 amide bonds. The van der Waals surface area contributed by atoms with Crippen LogP contribution < -0.4 is 5.32 Å². The van der Waals surface area contributed by atoms with Crippen LogP contribution >= 0.6 is 0 Å². The lowest BCUT2D eigenvalue weighted by molar-refractivity contribution is 0.466. The molecule has 2 nitrogen and oxygen atoms in total. The molecule has 2 N–H and O–H groups in total. The molecular formula is C15H16FNO. The normalized spacial score (nSPS) is 12.3.